The van der Waals surface area contributed by atoms with Crippen LogP contribution < -0.4 is 10.6 Å². The molecule has 0 heterocycles. The molecule has 0 bridgehead atoms. The Morgan fingerprint density at radius 2 is 1.89 bits per heavy atom. The lowest BCUT2D eigenvalue weighted by molar-refractivity contribution is -0.123. The molecule has 0 aliphatic rings. The molecule has 0 unspecified atom stereocenters. The Morgan fingerprint density at radius 1 is 1.17 bits per heavy atom. The maximum absolute atomic E-state index is 11.3. The van der Waals surface area contributed by atoms with Crippen LogP contribution in [0.5, 0.6) is 0 Å². The summed E-state index contributed by atoms with van der Waals surface area (Å²) in [7, 11) is 0. The van der Waals surface area contributed by atoms with E-state index in [2.05, 4.69) is 42.7 Å². The van der Waals surface area contributed by atoms with E-state index in [1.165, 1.54) is 16.7 Å². The molecular formula is C15H24N2O. The summed E-state index contributed by atoms with van der Waals surface area (Å²) >= 11 is 0. The second kappa shape index (κ2) is 7.17. The van der Waals surface area contributed by atoms with Gasteiger partial charge in [-0.05, 0) is 30.5 Å². The van der Waals surface area contributed by atoms with E-state index in [0.717, 1.165) is 13.1 Å². The first kappa shape index (κ1) is 14.7. The lowest BCUT2D eigenvalue weighted by Gasteiger charge is -2.09. The first-order valence-corrected chi connectivity index (χ1v) is 6.55. The van der Waals surface area contributed by atoms with Gasteiger partial charge in [0.1, 0.15) is 0 Å². The molecule has 1 amide bonds. The molecule has 0 atom stereocenters. The summed E-state index contributed by atoms with van der Waals surface area (Å²) in [5, 5.41) is 6.22. The molecule has 0 aliphatic carbocycles. The zero-order valence-electron chi connectivity index (χ0n) is 11.8. The molecule has 0 aromatic heterocycles. The Balaban J connectivity index is 2.22. The summed E-state index contributed by atoms with van der Waals surface area (Å²) < 4.78 is 0. The SMILES string of the molecule is Cc1ccc(CNCCNC(=O)C(C)C)cc1C. The molecule has 3 heteroatoms. The molecule has 1 aromatic carbocycles. The summed E-state index contributed by atoms with van der Waals surface area (Å²) in [5.74, 6) is 0.174. The third kappa shape index (κ3) is 4.88. The molecule has 0 spiro atoms. The number of amides is 1. The highest BCUT2D eigenvalue weighted by molar-refractivity contribution is 5.77. The predicted molar refractivity (Wildman–Crippen MR) is 75.5 cm³/mol. The van der Waals surface area contributed by atoms with Gasteiger partial charge < -0.3 is 10.6 Å². The third-order valence-corrected chi connectivity index (χ3v) is 3.03. The minimum atomic E-state index is 0.0600. The highest BCUT2D eigenvalue weighted by Gasteiger charge is 2.04. The lowest BCUT2D eigenvalue weighted by atomic mass is 10.1. The third-order valence-electron chi connectivity index (χ3n) is 3.03. The van der Waals surface area contributed by atoms with Crippen LogP contribution in [0.3, 0.4) is 0 Å². The fourth-order valence-corrected chi connectivity index (χ4v) is 1.62. The Bertz CT molecular complexity index is 399. The van der Waals surface area contributed by atoms with Gasteiger partial charge in [-0.1, -0.05) is 32.0 Å². The Hall–Kier alpha value is -1.35. The largest absolute Gasteiger partial charge is 0.355 e. The topological polar surface area (TPSA) is 41.1 Å². The van der Waals surface area contributed by atoms with Crippen LogP contribution in [-0.2, 0) is 11.3 Å². The first-order valence-electron chi connectivity index (χ1n) is 6.55. The number of rotatable bonds is 6. The van der Waals surface area contributed by atoms with Crippen molar-refractivity contribution in [3.63, 3.8) is 0 Å². The smallest absolute Gasteiger partial charge is 0.222 e. The van der Waals surface area contributed by atoms with Crippen LogP contribution in [0.25, 0.3) is 0 Å². The van der Waals surface area contributed by atoms with Gasteiger partial charge in [0.15, 0.2) is 0 Å². The fraction of sp³-hybridized carbons (Fsp3) is 0.533. The Kier molecular flexibility index (Phi) is 5.86. The van der Waals surface area contributed by atoms with Crippen molar-refractivity contribution < 1.29 is 4.79 Å². The highest BCUT2D eigenvalue weighted by atomic mass is 16.1. The standard InChI is InChI=1S/C15H24N2O/c1-11(2)15(18)17-8-7-16-10-14-6-5-12(3)13(4)9-14/h5-6,9,11,16H,7-8,10H2,1-4H3,(H,17,18). The van der Waals surface area contributed by atoms with Crippen molar-refractivity contribution in [3.05, 3.63) is 34.9 Å². The van der Waals surface area contributed by atoms with E-state index in [1.54, 1.807) is 0 Å². The van der Waals surface area contributed by atoms with Gasteiger partial charge in [0, 0.05) is 25.6 Å². The van der Waals surface area contributed by atoms with Crippen molar-refractivity contribution in [2.24, 2.45) is 5.92 Å². The minimum absolute atomic E-state index is 0.0600. The van der Waals surface area contributed by atoms with E-state index in [-0.39, 0.29) is 11.8 Å². The highest BCUT2D eigenvalue weighted by Crippen LogP contribution is 2.09. The molecule has 18 heavy (non-hydrogen) atoms. The maximum atomic E-state index is 11.3. The van der Waals surface area contributed by atoms with Crippen LogP contribution in [0.2, 0.25) is 0 Å². The maximum Gasteiger partial charge on any atom is 0.222 e. The van der Waals surface area contributed by atoms with Gasteiger partial charge in [-0.3, -0.25) is 4.79 Å². The normalized spacial score (nSPS) is 10.7. The van der Waals surface area contributed by atoms with Crippen molar-refractivity contribution in [2.75, 3.05) is 13.1 Å². The van der Waals surface area contributed by atoms with E-state index in [4.69, 9.17) is 0 Å². The van der Waals surface area contributed by atoms with Gasteiger partial charge >= 0.3 is 0 Å². The summed E-state index contributed by atoms with van der Waals surface area (Å²) in [5.41, 5.74) is 3.93. The minimum Gasteiger partial charge on any atom is -0.355 e. The monoisotopic (exact) mass is 248 g/mol. The summed E-state index contributed by atoms with van der Waals surface area (Å²) in [4.78, 5) is 11.3. The van der Waals surface area contributed by atoms with Crippen LogP contribution in [0.4, 0.5) is 0 Å². The van der Waals surface area contributed by atoms with Crippen molar-refractivity contribution in [3.8, 4) is 0 Å². The second-order valence-corrected chi connectivity index (χ2v) is 5.04. The van der Waals surface area contributed by atoms with Crippen LogP contribution in [0, 0.1) is 19.8 Å². The second-order valence-electron chi connectivity index (χ2n) is 5.04. The number of carbonyl (C=O) groups excluding carboxylic acids is 1. The van der Waals surface area contributed by atoms with Crippen molar-refractivity contribution in [1.29, 1.82) is 0 Å². The van der Waals surface area contributed by atoms with Crippen molar-refractivity contribution in [2.45, 2.75) is 34.2 Å². The molecule has 3 nitrogen and oxygen atoms in total. The van der Waals surface area contributed by atoms with Gasteiger partial charge in [0.05, 0.1) is 0 Å². The van der Waals surface area contributed by atoms with Gasteiger partial charge in [-0.2, -0.15) is 0 Å². The average molecular weight is 248 g/mol. The number of benzene rings is 1. The van der Waals surface area contributed by atoms with Crippen molar-refractivity contribution >= 4 is 5.91 Å². The van der Waals surface area contributed by atoms with Crippen LogP contribution in [0.15, 0.2) is 18.2 Å². The van der Waals surface area contributed by atoms with Gasteiger partial charge in [-0.15, -0.1) is 0 Å². The van der Waals surface area contributed by atoms with E-state index in [0.29, 0.717) is 6.54 Å². The molecule has 0 fully saturated rings. The summed E-state index contributed by atoms with van der Waals surface area (Å²) in [6.45, 7) is 10.4. The summed E-state index contributed by atoms with van der Waals surface area (Å²) in [6, 6.07) is 6.49. The predicted octanol–water partition coefficient (Wildman–Crippen LogP) is 2.17. The van der Waals surface area contributed by atoms with E-state index in [9.17, 15) is 4.79 Å². The molecule has 1 aromatic rings. The van der Waals surface area contributed by atoms with Gasteiger partial charge in [0.25, 0.3) is 0 Å². The molecule has 1 rings (SSSR count). The van der Waals surface area contributed by atoms with Crippen LogP contribution in [0.1, 0.15) is 30.5 Å². The first-order chi connectivity index (χ1) is 8.50. The molecule has 2 N–H and O–H groups in total. The Labute approximate surface area is 110 Å². The van der Waals surface area contributed by atoms with E-state index in [1.807, 2.05) is 13.8 Å². The molecule has 0 saturated carbocycles. The van der Waals surface area contributed by atoms with Crippen LogP contribution in [-0.4, -0.2) is 19.0 Å². The van der Waals surface area contributed by atoms with Crippen molar-refractivity contribution in [1.82, 2.24) is 10.6 Å². The fourth-order valence-electron chi connectivity index (χ4n) is 1.62. The molecule has 100 valence electrons. The number of aryl methyl sites for hydroxylation is 2. The number of carbonyl (C=O) groups is 1. The molecular weight excluding hydrogens is 224 g/mol. The molecule has 0 saturated heterocycles. The zero-order chi connectivity index (χ0) is 13.5. The van der Waals surface area contributed by atoms with Gasteiger partial charge in [-0.25, -0.2) is 0 Å². The zero-order valence-corrected chi connectivity index (χ0v) is 11.8. The lowest BCUT2D eigenvalue weighted by Crippen LogP contribution is -2.34. The van der Waals surface area contributed by atoms with Gasteiger partial charge in [0.2, 0.25) is 5.91 Å². The average Bonchev–Trinajstić information content (AvgIpc) is 2.32. The Morgan fingerprint density at radius 3 is 2.50 bits per heavy atom. The number of nitrogens with one attached hydrogen (secondary N) is 2. The number of hydrogen-bond acceptors (Lipinski definition) is 2. The van der Waals surface area contributed by atoms with Crippen LogP contribution >= 0.6 is 0 Å². The molecule has 0 aliphatic heterocycles. The van der Waals surface area contributed by atoms with E-state index >= 15 is 0 Å². The quantitative estimate of drug-likeness (QED) is 0.758. The molecule has 0 radical (unpaired) electrons. The number of hydrogen-bond donors (Lipinski definition) is 2. The summed E-state index contributed by atoms with van der Waals surface area (Å²) in [6.07, 6.45) is 0. The van der Waals surface area contributed by atoms with E-state index < -0.39 is 0 Å².